The lowest BCUT2D eigenvalue weighted by atomic mass is 10.0. The average Bonchev–Trinajstić information content (AvgIpc) is 3.87. The number of ether oxygens (including phenoxy) is 6. The molecular weight excluding hydrogens is 753 g/mol. The molecule has 0 bridgehead atoms. The normalized spacial score (nSPS) is 13.6. The number of rotatable bonds is 15. The summed E-state index contributed by atoms with van der Waals surface area (Å²) in [5, 5.41) is 0.320. The van der Waals surface area contributed by atoms with E-state index in [4.69, 9.17) is 46.9 Å². The zero-order valence-electron chi connectivity index (χ0n) is 28.7. The minimum Gasteiger partial charge on any atom is -0.495 e. The van der Waals surface area contributed by atoms with E-state index in [1.807, 2.05) is 0 Å². The molecule has 3 aromatic rings. The smallest absolute Gasteiger partial charge is 0.429 e. The fourth-order valence-corrected chi connectivity index (χ4v) is 5.99. The lowest BCUT2D eigenvalue weighted by molar-refractivity contribution is -0.153. The summed E-state index contributed by atoms with van der Waals surface area (Å²) in [6, 6.07) is 7.53. The molecule has 1 aliphatic carbocycles. The predicted octanol–water partition coefficient (Wildman–Crippen LogP) is 7.17. The number of methoxy groups -OCH3 is 1. The molecule has 1 amide bonds. The number of hydrogen-bond donors (Lipinski definition) is 0. The monoisotopic (exact) mass is 788 g/mol. The molecule has 1 heterocycles. The van der Waals surface area contributed by atoms with Crippen LogP contribution in [0, 0.1) is 5.92 Å². The van der Waals surface area contributed by atoms with Gasteiger partial charge in [0, 0.05) is 18.8 Å². The lowest BCUT2D eigenvalue weighted by Crippen LogP contribution is -2.40. The Kier molecular flexibility index (Phi) is 13.2. The highest BCUT2D eigenvalue weighted by atomic mass is 35.5. The molecule has 0 aliphatic heterocycles. The molecule has 282 valence electrons. The molecule has 1 unspecified atom stereocenters. The average molecular weight is 790 g/mol. The molecule has 2 aromatic carbocycles. The van der Waals surface area contributed by atoms with Crippen molar-refractivity contribution in [2.75, 3.05) is 30.9 Å². The number of carbonyl (C=O) groups excluding carboxylic acids is 3. The van der Waals surface area contributed by atoms with Crippen LogP contribution in [0.2, 0.25) is 10.0 Å². The number of carbonyl (C=O) groups is 3. The third kappa shape index (κ3) is 11.3. The fourth-order valence-electron chi connectivity index (χ4n) is 4.66. The molecule has 1 aromatic heterocycles. The molecular formula is C34H36Cl2F2N2O11S. The number of nitrogens with zero attached hydrogens (tertiary/aromatic N) is 2. The third-order valence-electron chi connectivity index (χ3n) is 7.19. The van der Waals surface area contributed by atoms with Crippen molar-refractivity contribution in [1.82, 2.24) is 4.98 Å². The van der Waals surface area contributed by atoms with Gasteiger partial charge in [0.15, 0.2) is 18.1 Å². The fraction of sp³-hybridized carbons (Fsp3) is 0.412. The van der Waals surface area contributed by atoms with E-state index in [0.717, 1.165) is 25.2 Å². The number of esters is 2. The Morgan fingerprint density at radius 2 is 1.65 bits per heavy atom. The summed E-state index contributed by atoms with van der Waals surface area (Å²) in [4.78, 5) is 43.2. The van der Waals surface area contributed by atoms with Crippen LogP contribution in [-0.4, -0.2) is 70.2 Å². The summed E-state index contributed by atoms with van der Waals surface area (Å²) in [7, 11) is -3.07. The van der Waals surface area contributed by atoms with Crippen LogP contribution in [0.1, 0.15) is 61.2 Å². The Morgan fingerprint density at radius 1 is 1.00 bits per heavy atom. The Bertz CT molecular complexity index is 1880. The number of anilines is 1. The van der Waals surface area contributed by atoms with Crippen molar-refractivity contribution in [3.63, 3.8) is 0 Å². The van der Waals surface area contributed by atoms with Gasteiger partial charge in [-0.25, -0.2) is 22.8 Å². The minimum absolute atomic E-state index is 0.00562. The maximum atomic E-state index is 13.2. The van der Waals surface area contributed by atoms with Crippen LogP contribution in [-0.2, 0) is 35.4 Å². The van der Waals surface area contributed by atoms with E-state index < -0.39 is 53.0 Å². The van der Waals surface area contributed by atoms with Crippen LogP contribution in [0.5, 0.6) is 17.2 Å². The molecule has 4 rings (SSSR count). The van der Waals surface area contributed by atoms with E-state index >= 15 is 0 Å². The first-order valence-corrected chi connectivity index (χ1v) is 18.2. The maximum absolute atomic E-state index is 13.2. The highest BCUT2D eigenvalue weighted by molar-refractivity contribution is 7.92. The van der Waals surface area contributed by atoms with E-state index in [0.29, 0.717) is 15.4 Å². The molecule has 0 N–H and O–H groups in total. The molecule has 0 spiro atoms. The number of alkyl halides is 2. The van der Waals surface area contributed by atoms with Crippen molar-refractivity contribution in [1.29, 1.82) is 0 Å². The van der Waals surface area contributed by atoms with Gasteiger partial charge in [0.1, 0.15) is 23.1 Å². The number of halogens is 4. The van der Waals surface area contributed by atoms with Crippen LogP contribution in [0.4, 0.5) is 19.3 Å². The van der Waals surface area contributed by atoms with Gasteiger partial charge >= 0.3 is 24.6 Å². The largest absolute Gasteiger partial charge is 0.495 e. The lowest BCUT2D eigenvalue weighted by Gasteiger charge is -2.27. The molecule has 0 saturated heterocycles. The third-order valence-corrected chi connectivity index (χ3v) is 8.85. The standard InChI is InChI=1S/C34H36Cl2F2N2O11S/c1-34(2,3)51-33(43)40(52(5,44)45)25-12-21(9-10-26(25)46-4)31(42)48-18-30(41)49-28(14-22-23(35)15-39-16-24(22)36)20-8-11-27(50-32(37)38)29(13-20)47-17-19-6-7-19/h8-13,15-16,19,28,32H,6-7,14,17-18H2,1-5H3. The van der Waals surface area contributed by atoms with Gasteiger partial charge in [0.25, 0.3) is 0 Å². The van der Waals surface area contributed by atoms with Crippen molar-refractivity contribution >= 4 is 56.9 Å². The van der Waals surface area contributed by atoms with Gasteiger partial charge in [-0.15, -0.1) is 0 Å². The Balaban J connectivity index is 1.58. The first-order chi connectivity index (χ1) is 24.4. The molecule has 13 nitrogen and oxygen atoms in total. The predicted molar refractivity (Wildman–Crippen MR) is 185 cm³/mol. The Morgan fingerprint density at radius 3 is 2.23 bits per heavy atom. The van der Waals surface area contributed by atoms with E-state index in [-0.39, 0.29) is 57.5 Å². The second kappa shape index (κ2) is 16.9. The minimum atomic E-state index is -4.30. The summed E-state index contributed by atoms with van der Waals surface area (Å²) >= 11 is 12.7. The van der Waals surface area contributed by atoms with E-state index in [1.54, 1.807) is 20.8 Å². The summed E-state index contributed by atoms with van der Waals surface area (Å²) in [6.07, 6.45) is 2.79. The van der Waals surface area contributed by atoms with Crippen LogP contribution in [0.25, 0.3) is 0 Å². The topological polar surface area (TPSA) is 157 Å². The number of pyridine rings is 1. The van der Waals surface area contributed by atoms with Gasteiger partial charge in [0.05, 0.1) is 35.6 Å². The van der Waals surface area contributed by atoms with Gasteiger partial charge in [0.2, 0.25) is 10.0 Å². The highest BCUT2D eigenvalue weighted by Gasteiger charge is 2.34. The van der Waals surface area contributed by atoms with Crippen molar-refractivity contribution in [2.24, 2.45) is 5.92 Å². The first kappa shape index (κ1) is 40.4. The molecule has 1 aliphatic rings. The van der Waals surface area contributed by atoms with Crippen molar-refractivity contribution in [3.05, 3.63) is 75.5 Å². The maximum Gasteiger partial charge on any atom is 0.429 e. The molecule has 18 heteroatoms. The number of amides is 1. The molecule has 1 saturated carbocycles. The van der Waals surface area contributed by atoms with E-state index in [9.17, 15) is 31.6 Å². The van der Waals surface area contributed by atoms with Crippen LogP contribution >= 0.6 is 23.2 Å². The highest BCUT2D eigenvalue weighted by Crippen LogP contribution is 2.38. The summed E-state index contributed by atoms with van der Waals surface area (Å²) < 4.78 is 83.8. The second-order valence-corrected chi connectivity index (χ2v) is 15.2. The van der Waals surface area contributed by atoms with Crippen molar-refractivity contribution in [3.8, 4) is 17.2 Å². The van der Waals surface area contributed by atoms with Crippen molar-refractivity contribution in [2.45, 2.75) is 58.4 Å². The van der Waals surface area contributed by atoms with Crippen LogP contribution in [0.15, 0.2) is 48.8 Å². The van der Waals surface area contributed by atoms with E-state index in [2.05, 4.69) is 9.72 Å². The van der Waals surface area contributed by atoms with Crippen molar-refractivity contribution < 1.29 is 60.0 Å². The Labute approximate surface area is 309 Å². The molecule has 1 atom stereocenters. The summed E-state index contributed by atoms with van der Waals surface area (Å²) in [5.41, 5.74) is -1.02. The first-order valence-electron chi connectivity index (χ1n) is 15.6. The number of hydrogen-bond acceptors (Lipinski definition) is 12. The van der Waals surface area contributed by atoms with Gasteiger partial charge in [-0.3, -0.25) is 4.98 Å². The molecule has 52 heavy (non-hydrogen) atoms. The van der Waals surface area contributed by atoms with Gasteiger partial charge in [-0.2, -0.15) is 13.1 Å². The Hall–Kier alpha value is -4.41. The zero-order valence-corrected chi connectivity index (χ0v) is 31.0. The van der Waals surface area contributed by atoms with Gasteiger partial charge < -0.3 is 28.4 Å². The zero-order chi connectivity index (χ0) is 38.4. The molecule has 0 radical (unpaired) electrons. The van der Waals surface area contributed by atoms with Crippen LogP contribution in [0.3, 0.4) is 0 Å². The number of benzene rings is 2. The van der Waals surface area contributed by atoms with Gasteiger partial charge in [-0.1, -0.05) is 29.3 Å². The second-order valence-electron chi connectivity index (χ2n) is 12.6. The summed E-state index contributed by atoms with van der Waals surface area (Å²) in [5.74, 6) is -2.16. The van der Waals surface area contributed by atoms with Crippen LogP contribution < -0.4 is 18.5 Å². The SMILES string of the molecule is COc1ccc(C(=O)OCC(=O)OC(Cc2c(Cl)cncc2Cl)c2ccc(OC(F)F)c(OCC3CC3)c2)cc1N(C(=O)OC(C)(C)C)S(C)(=O)=O. The summed E-state index contributed by atoms with van der Waals surface area (Å²) in [6.45, 7) is 0.837. The number of aromatic nitrogens is 1. The number of sulfonamides is 1. The van der Waals surface area contributed by atoms with Gasteiger partial charge in [-0.05, 0) is 81.0 Å². The quantitative estimate of drug-likeness (QED) is 0.113. The molecule has 1 fully saturated rings. The van der Waals surface area contributed by atoms with E-state index in [1.165, 1.54) is 49.8 Å².